The Morgan fingerprint density at radius 1 is 1.33 bits per heavy atom. The molecule has 0 aliphatic carbocycles. The number of hydrogen-bond acceptors (Lipinski definition) is 3. The summed E-state index contributed by atoms with van der Waals surface area (Å²) in [6.45, 7) is 0.572. The zero-order valence-corrected chi connectivity index (χ0v) is 11.5. The van der Waals surface area contributed by atoms with E-state index < -0.39 is 0 Å². The van der Waals surface area contributed by atoms with Crippen LogP contribution in [-0.2, 0) is 19.4 Å². The molecule has 0 spiro atoms. The van der Waals surface area contributed by atoms with E-state index in [4.69, 9.17) is 0 Å². The van der Waals surface area contributed by atoms with Crippen molar-refractivity contribution < 1.29 is 5.11 Å². The third-order valence-electron chi connectivity index (χ3n) is 3.15. The maximum absolute atomic E-state index is 9.59. The Morgan fingerprint density at radius 2 is 2.11 bits per heavy atom. The molecule has 0 radical (unpaired) electrons. The number of aromatic nitrogens is 3. The Morgan fingerprint density at radius 3 is 2.89 bits per heavy atom. The number of halogens is 1. The van der Waals surface area contributed by atoms with E-state index in [1.54, 1.807) is 0 Å². The summed E-state index contributed by atoms with van der Waals surface area (Å²) in [6.07, 6.45) is 2.06. The molecule has 1 aromatic carbocycles. The summed E-state index contributed by atoms with van der Waals surface area (Å²) in [5.41, 5.74) is 1.20. The lowest BCUT2D eigenvalue weighted by atomic mass is 10.1. The van der Waals surface area contributed by atoms with Gasteiger partial charge in [-0.2, -0.15) is 5.10 Å². The van der Waals surface area contributed by atoms with Gasteiger partial charge in [0, 0.05) is 17.3 Å². The molecule has 1 aliphatic heterocycles. The molecule has 3 rings (SSSR count). The van der Waals surface area contributed by atoms with E-state index >= 15 is 0 Å². The monoisotopic (exact) mass is 307 g/mol. The molecular formula is C13H14BrN3O. The van der Waals surface area contributed by atoms with Gasteiger partial charge in [0.05, 0.1) is 12.6 Å². The highest BCUT2D eigenvalue weighted by atomic mass is 79.9. The van der Waals surface area contributed by atoms with E-state index in [1.165, 1.54) is 5.56 Å². The molecule has 1 N–H and O–H groups in total. The number of rotatable bonds is 2. The lowest BCUT2D eigenvalue weighted by Gasteiger charge is -2.16. The Bertz CT molecular complexity index is 550. The summed E-state index contributed by atoms with van der Waals surface area (Å²) in [6, 6.07) is 8.18. The van der Waals surface area contributed by atoms with E-state index in [0.717, 1.165) is 35.4 Å². The molecule has 0 fully saturated rings. The van der Waals surface area contributed by atoms with Gasteiger partial charge in [-0.05, 0) is 24.1 Å². The van der Waals surface area contributed by atoms with Gasteiger partial charge in [-0.15, -0.1) is 0 Å². The third-order valence-corrected chi connectivity index (χ3v) is 3.68. The molecule has 2 heterocycles. The average molecular weight is 308 g/mol. The fourth-order valence-corrected chi connectivity index (χ4v) is 2.47. The molecule has 94 valence electrons. The summed E-state index contributed by atoms with van der Waals surface area (Å²) in [5.74, 6) is 1.83. The van der Waals surface area contributed by atoms with Gasteiger partial charge < -0.3 is 5.11 Å². The predicted octanol–water partition coefficient (Wildman–Crippen LogP) is 1.94. The zero-order valence-electron chi connectivity index (χ0n) is 9.88. The largest absolute Gasteiger partial charge is 0.391 e. The molecule has 0 bridgehead atoms. The van der Waals surface area contributed by atoms with E-state index in [0.29, 0.717) is 6.54 Å². The highest BCUT2D eigenvalue weighted by Crippen LogP contribution is 2.16. The van der Waals surface area contributed by atoms with Gasteiger partial charge in [0.1, 0.15) is 5.82 Å². The molecular weight excluding hydrogens is 294 g/mol. The molecule has 1 atom stereocenters. The van der Waals surface area contributed by atoms with Crippen LogP contribution in [0.5, 0.6) is 0 Å². The minimum absolute atomic E-state index is 0.278. The standard InChI is InChI=1S/C13H14BrN3O/c14-10-3-1-9(2-4-10)7-12-15-13-6-5-11(18)8-17(13)16-12/h1-4,11,18H,5-8H2. The Balaban J connectivity index is 1.79. The van der Waals surface area contributed by atoms with Crippen molar-refractivity contribution >= 4 is 15.9 Å². The quantitative estimate of drug-likeness (QED) is 0.922. The molecule has 18 heavy (non-hydrogen) atoms. The summed E-state index contributed by atoms with van der Waals surface area (Å²) >= 11 is 3.42. The van der Waals surface area contributed by atoms with Gasteiger partial charge in [0.15, 0.2) is 5.82 Å². The van der Waals surface area contributed by atoms with Crippen LogP contribution >= 0.6 is 15.9 Å². The van der Waals surface area contributed by atoms with E-state index in [2.05, 4.69) is 38.1 Å². The van der Waals surface area contributed by atoms with E-state index in [-0.39, 0.29) is 6.10 Å². The summed E-state index contributed by atoms with van der Waals surface area (Å²) in [7, 11) is 0. The first kappa shape index (κ1) is 11.9. The van der Waals surface area contributed by atoms with Gasteiger partial charge in [-0.25, -0.2) is 9.67 Å². The molecule has 1 aliphatic rings. The highest BCUT2D eigenvalue weighted by Gasteiger charge is 2.19. The minimum Gasteiger partial charge on any atom is -0.391 e. The molecule has 1 aromatic heterocycles. The van der Waals surface area contributed by atoms with Crippen molar-refractivity contribution in [1.29, 1.82) is 0 Å². The summed E-state index contributed by atoms with van der Waals surface area (Å²) < 4.78 is 2.91. The van der Waals surface area contributed by atoms with Gasteiger partial charge >= 0.3 is 0 Å². The van der Waals surface area contributed by atoms with Crippen LogP contribution in [0.2, 0.25) is 0 Å². The fourth-order valence-electron chi connectivity index (χ4n) is 2.20. The predicted molar refractivity (Wildman–Crippen MR) is 71.3 cm³/mol. The van der Waals surface area contributed by atoms with Gasteiger partial charge in [0.25, 0.3) is 0 Å². The van der Waals surface area contributed by atoms with Gasteiger partial charge in [-0.3, -0.25) is 0 Å². The lowest BCUT2D eigenvalue weighted by Crippen LogP contribution is -2.25. The van der Waals surface area contributed by atoms with Crippen LogP contribution in [-0.4, -0.2) is 26.0 Å². The second-order valence-corrected chi connectivity index (χ2v) is 5.54. The second-order valence-electron chi connectivity index (χ2n) is 4.62. The number of benzene rings is 1. The molecule has 4 nitrogen and oxygen atoms in total. The third kappa shape index (κ3) is 2.47. The molecule has 0 amide bonds. The van der Waals surface area contributed by atoms with Gasteiger partial charge in [0.2, 0.25) is 0 Å². The Labute approximate surface area is 114 Å². The van der Waals surface area contributed by atoms with Crippen LogP contribution in [0.3, 0.4) is 0 Å². The first-order valence-corrected chi connectivity index (χ1v) is 6.85. The SMILES string of the molecule is OC1CCc2nc(Cc3ccc(Br)cc3)nn2C1. The van der Waals surface area contributed by atoms with Crippen molar-refractivity contribution in [1.82, 2.24) is 14.8 Å². The van der Waals surface area contributed by atoms with Crippen molar-refractivity contribution in [2.75, 3.05) is 0 Å². The number of hydrogen-bond donors (Lipinski definition) is 1. The normalized spacial score (nSPS) is 18.7. The van der Waals surface area contributed by atoms with E-state index in [1.807, 2.05) is 16.8 Å². The van der Waals surface area contributed by atoms with Crippen molar-refractivity contribution in [3.05, 3.63) is 46.0 Å². The molecule has 1 unspecified atom stereocenters. The van der Waals surface area contributed by atoms with E-state index in [9.17, 15) is 5.11 Å². The Hall–Kier alpha value is -1.20. The van der Waals surface area contributed by atoms with Gasteiger partial charge in [-0.1, -0.05) is 28.1 Å². The van der Waals surface area contributed by atoms with Crippen molar-refractivity contribution in [3.63, 3.8) is 0 Å². The van der Waals surface area contributed by atoms with Crippen LogP contribution in [0.15, 0.2) is 28.7 Å². The zero-order chi connectivity index (χ0) is 12.5. The van der Waals surface area contributed by atoms with Crippen LogP contribution in [0, 0.1) is 0 Å². The van der Waals surface area contributed by atoms with Crippen LogP contribution < -0.4 is 0 Å². The minimum atomic E-state index is -0.278. The molecule has 2 aromatic rings. The van der Waals surface area contributed by atoms with Crippen molar-refractivity contribution in [2.24, 2.45) is 0 Å². The smallest absolute Gasteiger partial charge is 0.155 e. The maximum Gasteiger partial charge on any atom is 0.155 e. The van der Waals surface area contributed by atoms with Crippen molar-refractivity contribution in [2.45, 2.75) is 31.9 Å². The highest BCUT2D eigenvalue weighted by molar-refractivity contribution is 9.10. The van der Waals surface area contributed by atoms with Crippen LogP contribution in [0.4, 0.5) is 0 Å². The molecule has 0 saturated carbocycles. The molecule has 5 heteroatoms. The summed E-state index contributed by atoms with van der Waals surface area (Å²) in [4.78, 5) is 4.53. The number of fused-ring (bicyclic) bond motifs is 1. The first-order chi connectivity index (χ1) is 8.70. The topological polar surface area (TPSA) is 50.9 Å². The lowest BCUT2D eigenvalue weighted by molar-refractivity contribution is 0.124. The number of aryl methyl sites for hydroxylation is 1. The first-order valence-electron chi connectivity index (χ1n) is 6.06. The molecule has 0 saturated heterocycles. The maximum atomic E-state index is 9.59. The fraction of sp³-hybridized carbons (Fsp3) is 0.385. The summed E-state index contributed by atoms with van der Waals surface area (Å²) in [5, 5.41) is 14.0. The van der Waals surface area contributed by atoms with Crippen molar-refractivity contribution in [3.8, 4) is 0 Å². The number of aliphatic hydroxyl groups excluding tert-OH is 1. The Kier molecular flexibility index (Phi) is 3.18. The average Bonchev–Trinajstić information content (AvgIpc) is 2.73. The number of aliphatic hydroxyl groups is 1. The van der Waals surface area contributed by atoms with Crippen LogP contribution in [0.1, 0.15) is 23.6 Å². The number of nitrogens with zero attached hydrogens (tertiary/aromatic N) is 3. The second kappa shape index (κ2) is 4.82. The van der Waals surface area contributed by atoms with Crippen LogP contribution in [0.25, 0.3) is 0 Å².